The summed E-state index contributed by atoms with van der Waals surface area (Å²) in [6.45, 7) is 1.64. The van der Waals surface area contributed by atoms with E-state index in [4.69, 9.17) is 0 Å². The van der Waals surface area contributed by atoms with E-state index in [9.17, 15) is 13.2 Å². The van der Waals surface area contributed by atoms with Crippen LogP contribution in [0.2, 0.25) is 0 Å². The number of carbonyl (C=O) groups excluding carboxylic acids is 1. The number of hydrogen-bond donors (Lipinski definition) is 1. The van der Waals surface area contributed by atoms with Gasteiger partial charge in [-0.05, 0) is 47.9 Å². The molecular formula is C28H26N2O3S. The van der Waals surface area contributed by atoms with Crippen LogP contribution in [0.3, 0.4) is 0 Å². The molecule has 6 heteroatoms. The Morgan fingerprint density at radius 2 is 1.29 bits per heavy atom. The third-order valence-electron chi connectivity index (χ3n) is 5.60. The van der Waals surface area contributed by atoms with E-state index < -0.39 is 22.0 Å². The Morgan fingerprint density at radius 1 is 0.765 bits per heavy atom. The second kappa shape index (κ2) is 10.4. The molecule has 1 amide bonds. The van der Waals surface area contributed by atoms with Crippen LogP contribution in [0.5, 0.6) is 0 Å². The molecule has 0 saturated carbocycles. The van der Waals surface area contributed by atoms with Gasteiger partial charge in [0, 0.05) is 0 Å². The van der Waals surface area contributed by atoms with Crippen molar-refractivity contribution in [1.82, 2.24) is 5.32 Å². The Labute approximate surface area is 200 Å². The Bertz CT molecular complexity index is 1340. The van der Waals surface area contributed by atoms with E-state index in [1.807, 2.05) is 61.5 Å². The van der Waals surface area contributed by atoms with E-state index >= 15 is 0 Å². The van der Waals surface area contributed by atoms with E-state index in [0.29, 0.717) is 5.69 Å². The highest BCUT2D eigenvalue weighted by molar-refractivity contribution is 7.92. The minimum Gasteiger partial charge on any atom is -0.344 e. The van der Waals surface area contributed by atoms with Gasteiger partial charge in [0.15, 0.2) is 0 Å². The van der Waals surface area contributed by atoms with Crippen LogP contribution in [0, 0.1) is 6.92 Å². The maximum Gasteiger partial charge on any atom is 0.264 e. The quantitative estimate of drug-likeness (QED) is 0.390. The molecule has 0 aromatic heterocycles. The van der Waals surface area contributed by atoms with Crippen molar-refractivity contribution >= 4 is 21.6 Å². The summed E-state index contributed by atoms with van der Waals surface area (Å²) >= 11 is 0. The van der Waals surface area contributed by atoms with Gasteiger partial charge in [-0.3, -0.25) is 9.10 Å². The van der Waals surface area contributed by atoms with Crippen molar-refractivity contribution < 1.29 is 13.2 Å². The summed E-state index contributed by atoms with van der Waals surface area (Å²) < 4.78 is 28.1. The molecule has 0 aliphatic heterocycles. The molecule has 4 aromatic rings. The lowest BCUT2D eigenvalue weighted by atomic mass is 9.95. The first-order valence-electron chi connectivity index (χ1n) is 11.0. The molecule has 0 aliphatic carbocycles. The van der Waals surface area contributed by atoms with Gasteiger partial charge in [-0.15, -0.1) is 0 Å². The highest BCUT2D eigenvalue weighted by Crippen LogP contribution is 2.26. The van der Waals surface area contributed by atoms with E-state index in [-0.39, 0.29) is 11.4 Å². The van der Waals surface area contributed by atoms with Gasteiger partial charge in [-0.1, -0.05) is 91.0 Å². The highest BCUT2D eigenvalue weighted by Gasteiger charge is 2.28. The van der Waals surface area contributed by atoms with Gasteiger partial charge in [-0.25, -0.2) is 8.42 Å². The summed E-state index contributed by atoms with van der Waals surface area (Å²) in [5.74, 6) is -0.402. The molecule has 34 heavy (non-hydrogen) atoms. The van der Waals surface area contributed by atoms with Gasteiger partial charge < -0.3 is 5.32 Å². The van der Waals surface area contributed by atoms with Crippen molar-refractivity contribution in [2.75, 3.05) is 10.8 Å². The van der Waals surface area contributed by atoms with Crippen LogP contribution in [0.25, 0.3) is 0 Å². The second-order valence-corrected chi connectivity index (χ2v) is 9.79. The predicted octanol–water partition coefficient (Wildman–Crippen LogP) is 5.10. The molecule has 0 aliphatic rings. The zero-order valence-corrected chi connectivity index (χ0v) is 19.7. The van der Waals surface area contributed by atoms with Crippen LogP contribution in [-0.4, -0.2) is 20.9 Å². The summed E-state index contributed by atoms with van der Waals surface area (Å²) in [6.07, 6.45) is 0. The number of para-hydroxylation sites is 1. The number of carbonyl (C=O) groups is 1. The van der Waals surface area contributed by atoms with Gasteiger partial charge in [0.2, 0.25) is 5.91 Å². The molecule has 0 heterocycles. The fourth-order valence-electron chi connectivity index (χ4n) is 3.86. The van der Waals surface area contributed by atoms with Crippen molar-refractivity contribution in [2.45, 2.75) is 17.9 Å². The molecule has 172 valence electrons. The first kappa shape index (κ1) is 23.3. The lowest BCUT2D eigenvalue weighted by molar-refractivity contribution is -0.120. The Balaban J connectivity index is 1.68. The molecule has 1 N–H and O–H groups in total. The number of sulfonamides is 1. The molecule has 4 aromatic carbocycles. The fraction of sp³-hybridized carbons (Fsp3) is 0.107. The molecule has 0 spiro atoms. The topological polar surface area (TPSA) is 66.5 Å². The summed E-state index contributed by atoms with van der Waals surface area (Å²) in [5.41, 5.74) is 3.34. The van der Waals surface area contributed by atoms with Crippen LogP contribution < -0.4 is 9.62 Å². The number of benzene rings is 4. The van der Waals surface area contributed by atoms with Crippen molar-refractivity contribution in [3.63, 3.8) is 0 Å². The third-order valence-corrected chi connectivity index (χ3v) is 7.39. The summed E-state index contributed by atoms with van der Waals surface area (Å²) in [4.78, 5) is 13.5. The molecule has 0 radical (unpaired) electrons. The number of nitrogens with one attached hydrogen (secondary N) is 1. The summed E-state index contributed by atoms with van der Waals surface area (Å²) in [6, 6.07) is 33.9. The van der Waals surface area contributed by atoms with Crippen molar-refractivity contribution in [3.8, 4) is 0 Å². The minimum atomic E-state index is -3.95. The SMILES string of the molecule is Cc1ccccc1C(NC(=O)CN(c1ccccc1)S(=O)(=O)c1ccccc1)c1ccccc1. The van der Waals surface area contributed by atoms with Crippen molar-refractivity contribution in [3.05, 3.63) is 132 Å². The summed E-state index contributed by atoms with van der Waals surface area (Å²) in [5, 5.41) is 3.07. The number of aryl methyl sites for hydroxylation is 1. The second-order valence-electron chi connectivity index (χ2n) is 7.93. The maximum atomic E-state index is 13.5. The molecule has 0 bridgehead atoms. The van der Waals surface area contributed by atoms with Gasteiger partial charge in [0.25, 0.3) is 10.0 Å². The number of nitrogens with zero attached hydrogens (tertiary/aromatic N) is 1. The van der Waals surface area contributed by atoms with Crippen LogP contribution >= 0.6 is 0 Å². The van der Waals surface area contributed by atoms with Gasteiger partial charge in [0.1, 0.15) is 6.54 Å². The van der Waals surface area contributed by atoms with Gasteiger partial charge >= 0.3 is 0 Å². The zero-order chi connectivity index (χ0) is 24.0. The lowest BCUT2D eigenvalue weighted by Crippen LogP contribution is -2.42. The van der Waals surface area contributed by atoms with Gasteiger partial charge in [-0.2, -0.15) is 0 Å². The van der Waals surface area contributed by atoms with Crippen LogP contribution in [0.15, 0.2) is 120 Å². The lowest BCUT2D eigenvalue weighted by Gasteiger charge is -2.26. The van der Waals surface area contributed by atoms with Crippen LogP contribution in [0.1, 0.15) is 22.7 Å². The molecular weight excluding hydrogens is 444 g/mol. The fourth-order valence-corrected chi connectivity index (χ4v) is 5.30. The number of rotatable bonds is 8. The minimum absolute atomic E-state index is 0.130. The van der Waals surface area contributed by atoms with E-state index in [0.717, 1.165) is 21.0 Å². The summed E-state index contributed by atoms with van der Waals surface area (Å²) in [7, 11) is -3.95. The number of hydrogen-bond acceptors (Lipinski definition) is 3. The Morgan fingerprint density at radius 3 is 1.91 bits per heavy atom. The average Bonchev–Trinajstić information content (AvgIpc) is 2.88. The van der Waals surface area contributed by atoms with Crippen molar-refractivity contribution in [1.29, 1.82) is 0 Å². The van der Waals surface area contributed by atoms with Crippen LogP contribution in [-0.2, 0) is 14.8 Å². The largest absolute Gasteiger partial charge is 0.344 e. The first-order chi connectivity index (χ1) is 16.5. The van der Waals surface area contributed by atoms with E-state index in [2.05, 4.69) is 5.32 Å². The first-order valence-corrected chi connectivity index (χ1v) is 12.4. The number of amides is 1. The monoisotopic (exact) mass is 470 g/mol. The molecule has 0 saturated heterocycles. The Hall–Kier alpha value is -3.90. The molecule has 1 atom stereocenters. The smallest absolute Gasteiger partial charge is 0.264 e. The van der Waals surface area contributed by atoms with Crippen molar-refractivity contribution in [2.24, 2.45) is 0 Å². The molecule has 4 rings (SSSR count). The van der Waals surface area contributed by atoms with E-state index in [1.54, 1.807) is 48.5 Å². The molecule has 5 nitrogen and oxygen atoms in total. The zero-order valence-electron chi connectivity index (χ0n) is 18.8. The average molecular weight is 471 g/mol. The predicted molar refractivity (Wildman–Crippen MR) is 135 cm³/mol. The number of anilines is 1. The van der Waals surface area contributed by atoms with E-state index in [1.165, 1.54) is 12.1 Å². The normalized spacial score (nSPS) is 12.0. The third kappa shape index (κ3) is 5.18. The Kier molecular flexibility index (Phi) is 7.09. The molecule has 1 unspecified atom stereocenters. The van der Waals surface area contributed by atoms with Crippen LogP contribution in [0.4, 0.5) is 5.69 Å². The standard InChI is InChI=1S/C28H26N2O3S/c1-22-13-11-12-20-26(22)28(23-14-5-2-6-15-23)29-27(31)21-30(24-16-7-3-8-17-24)34(32,33)25-18-9-4-10-19-25/h2-20,28H,21H2,1H3,(H,29,31). The highest BCUT2D eigenvalue weighted by atomic mass is 32.2. The van der Waals surface area contributed by atoms with Gasteiger partial charge in [0.05, 0.1) is 16.6 Å². The maximum absolute atomic E-state index is 13.5. The molecule has 0 fully saturated rings.